The number of carboxylic acid groups (broad SMARTS) is 1. The molecule has 2 aliphatic rings. The molecule has 0 unspecified atom stereocenters. The van der Waals surface area contributed by atoms with Crippen molar-refractivity contribution in [2.45, 2.75) is 44.2 Å². The molecule has 7 nitrogen and oxygen atoms in total. The van der Waals surface area contributed by atoms with Gasteiger partial charge in [0.15, 0.2) is 0 Å². The third-order valence-electron chi connectivity index (χ3n) is 5.37. The van der Waals surface area contributed by atoms with Crippen molar-refractivity contribution in [1.29, 1.82) is 0 Å². The van der Waals surface area contributed by atoms with Crippen LogP contribution in [-0.4, -0.2) is 48.5 Å². The second kappa shape index (κ2) is 6.31. The van der Waals surface area contributed by atoms with Crippen LogP contribution < -0.4 is 0 Å². The topological polar surface area (TPSA) is 88.3 Å². The van der Waals surface area contributed by atoms with Crippen LogP contribution in [-0.2, 0) is 4.79 Å². The molecular formula is C18H20N4O3. The van der Waals surface area contributed by atoms with Gasteiger partial charge in [0.05, 0.1) is 5.56 Å². The fourth-order valence-electron chi connectivity index (χ4n) is 4.18. The van der Waals surface area contributed by atoms with Crippen LogP contribution in [0.15, 0.2) is 37.1 Å². The summed E-state index contributed by atoms with van der Waals surface area (Å²) in [7, 11) is 0. The molecule has 0 radical (unpaired) electrons. The number of carboxylic acids is 1. The van der Waals surface area contributed by atoms with Crippen LogP contribution in [0.3, 0.4) is 0 Å². The summed E-state index contributed by atoms with van der Waals surface area (Å²) in [5.41, 5.74) is 0.432. The van der Waals surface area contributed by atoms with Gasteiger partial charge >= 0.3 is 5.97 Å². The van der Waals surface area contributed by atoms with Gasteiger partial charge in [0.2, 0.25) is 0 Å². The van der Waals surface area contributed by atoms with Gasteiger partial charge in [0, 0.05) is 24.6 Å². The van der Waals surface area contributed by atoms with E-state index >= 15 is 0 Å². The normalized spacial score (nSPS) is 25.6. The number of carbonyl (C=O) groups is 2. The maximum atomic E-state index is 13.0. The Morgan fingerprint density at radius 3 is 2.72 bits per heavy atom. The van der Waals surface area contributed by atoms with Gasteiger partial charge in [0.1, 0.15) is 18.2 Å². The minimum atomic E-state index is -0.911. The highest BCUT2D eigenvalue weighted by atomic mass is 16.4. The fourth-order valence-corrected chi connectivity index (χ4v) is 4.18. The minimum absolute atomic E-state index is 0.0377. The number of hydrogen-bond donors (Lipinski definition) is 1. The lowest BCUT2D eigenvalue weighted by Gasteiger charge is -2.33. The van der Waals surface area contributed by atoms with E-state index in [0.717, 1.165) is 25.7 Å². The van der Waals surface area contributed by atoms with Crippen LogP contribution in [0, 0.1) is 5.92 Å². The van der Waals surface area contributed by atoms with Gasteiger partial charge in [-0.3, -0.25) is 9.36 Å². The molecular weight excluding hydrogens is 320 g/mol. The number of aromatic nitrogens is 3. The lowest BCUT2D eigenvalue weighted by atomic mass is 9.84. The van der Waals surface area contributed by atoms with E-state index in [4.69, 9.17) is 0 Å². The lowest BCUT2D eigenvalue weighted by Crippen LogP contribution is -2.46. The zero-order valence-corrected chi connectivity index (χ0v) is 13.8. The molecule has 3 heterocycles. The molecule has 2 aromatic rings. The van der Waals surface area contributed by atoms with Crippen molar-refractivity contribution in [3.05, 3.63) is 42.6 Å². The largest absolute Gasteiger partial charge is 0.480 e. The highest BCUT2D eigenvalue weighted by Crippen LogP contribution is 2.40. The van der Waals surface area contributed by atoms with Gasteiger partial charge in [-0.15, -0.1) is 0 Å². The average molecular weight is 340 g/mol. The summed E-state index contributed by atoms with van der Waals surface area (Å²) in [4.78, 5) is 34.6. The first-order valence-corrected chi connectivity index (χ1v) is 8.65. The molecule has 2 fully saturated rings. The molecule has 1 aliphatic carbocycles. The molecule has 1 amide bonds. The highest BCUT2D eigenvalue weighted by molar-refractivity contribution is 5.97. The van der Waals surface area contributed by atoms with Crippen LogP contribution in [0.1, 0.15) is 42.5 Å². The third kappa shape index (κ3) is 2.79. The summed E-state index contributed by atoms with van der Waals surface area (Å²) in [5, 5.41) is 9.58. The van der Waals surface area contributed by atoms with E-state index in [0.29, 0.717) is 23.7 Å². The zero-order valence-electron chi connectivity index (χ0n) is 13.8. The average Bonchev–Trinajstić information content (AvgIpc) is 3.29. The molecule has 0 spiro atoms. The summed E-state index contributed by atoms with van der Waals surface area (Å²) in [6.45, 7) is 0. The second-order valence-electron chi connectivity index (χ2n) is 6.79. The maximum Gasteiger partial charge on any atom is 0.326 e. The number of imidazole rings is 1. The number of carbonyl (C=O) groups excluding carboxylic acids is 1. The summed E-state index contributed by atoms with van der Waals surface area (Å²) in [5.74, 6) is -0.171. The van der Waals surface area contributed by atoms with Crippen molar-refractivity contribution in [3.8, 4) is 5.82 Å². The third-order valence-corrected chi connectivity index (χ3v) is 5.37. The molecule has 130 valence electrons. The number of pyridine rings is 1. The first-order chi connectivity index (χ1) is 12.1. The Morgan fingerprint density at radius 1 is 1.20 bits per heavy atom. The van der Waals surface area contributed by atoms with Gasteiger partial charge in [0.25, 0.3) is 5.91 Å². The first-order valence-electron chi connectivity index (χ1n) is 8.65. The molecule has 3 atom stereocenters. The number of amides is 1. The molecule has 2 aromatic heterocycles. The van der Waals surface area contributed by atoms with Gasteiger partial charge in [-0.25, -0.2) is 14.8 Å². The smallest absolute Gasteiger partial charge is 0.326 e. The predicted octanol–water partition coefficient (Wildman–Crippen LogP) is 2.13. The Kier molecular flexibility index (Phi) is 3.99. The number of rotatable bonds is 3. The Morgan fingerprint density at radius 2 is 2.04 bits per heavy atom. The Hall–Kier alpha value is -2.70. The number of aliphatic carboxylic acids is 1. The molecule has 7 heteroatoms. The lowest BCUT2D eigenvalue weighted by molar-refractivity contribution is -0.141. The molecule has 1 saturated heterocycles. The van der Waals surface area contributed by atoms with Crippen molar-refractivity contribution < 1.29 is 14.7 Å². The first kappa shape index (κ1) is 15.8. The van der Waals surface area contributed by atoms with Crippen molar-refractivity contribution >= 4 is 11.9 Å². The van der Waals surface area contributed by atoms with Crippen LogP contribution >= 0.6 is 0 Å². The number of hydrogen-bond acceptors (Lipinski definition) is 4. The SMILES string of the molecule is O=C(O)[C@@H]1C[C@H]2CCCC[C@H]2N1C(=O)c1ccc(-n2ccnc2)nc1. The summed E-state index contributed by atoms with van der Waals surface area (Å²) in [6, 6.07) is 2.77. The monoisotopic (exact) mass is 340 g/mol. The van der Waals surface area contributed by atoms with Gasteiger partial charge < -0.3 is 10.0 Å². The Bertz CT molecular complexity index is 772. The molecule has 1 saturated carbocycles. The van der Waals surface area contributed by atoms with E-state index in [9.17, 15) is 14.7 Å². The zero-order chi connectivity index (χ0) is 17.4. The molecule has 0 aromatic carbocycles. The second-order valence-corrected chi connectivity index (χ2v) is 6.79. The van der Waals surface area contributed by atoms with Gasteiger partial charge in [-0.2, -0.15) is 0 Å². The minimum Gasteiger partial charge on any atom is -0.480 e. The standard InChI is InChI=1S/C18H20N4O3/c23-17(13-5-6-16(20-10-13)21-8-7-19-11-21)22-14-4-2-1-3-12(14)9-15(22)18(24)25/h5-8,10-12,14-15H,1-4,9H2,(H,24,25)/t12-,14-,15+/m1/s1. The van der Waals surface area contributed by atoms with Gasteiger partial charge in [-0.05, 0) is 37.3 Å². The number of likely N-dealkylation sites (tertiary alicyclic amines) is 1. The number of nitrogens with zero attached hydrogens (tertiary/aromatic N) is 4. The molecule has 25 heavy (non-hydrogen) atoms. The highest BCUT2D eigenvalue weighted by Gasteiger charge is 2.47. The van der Waals surface area contributed by atoms with Crippen LogP contribution in [0.2, 0.25) is 0 Å². The van der Waals surface area contributed by atoms with E-state index in [1.165, 1.54) is 6.20 Å². The van der Waals surface area contributed by atoms with E-state index in [-0.39, 0.29) is 11.9 Å². The van der Waals surface area contributed by atoms with Crippen LogP contribution in [0.4, 0.5) is 0 Å². The van der Waals surface area contributed by atoms with Crippen LogP contribution in [0.5, 0.6) is 0 Å². The fraction of sp³-hybridized carbons (Fsp3) is 0.444. The Balaban J connectivity index is 1.61. The predicted molar refractivity (Wildman–Crippen MR) is 89.3 cm³/mol. The number of fused-ring (bicyclic) bond motifs is 1. The quantitative estimate of drug-likeness (QED) is 0.924. The Labute approximate surface area is 145 Å². The van der Waals surface area contributed by atoms with Crippen LogP contribution in [0.25, 0.3) is 5.82 Å². The van der Waals surface area contributed by atoms with E-state index < -0.39 is 12.0 Å². The van der Waals surface area contributed by atoms with Gasteiger partial charge in [-0.1, -0.05) is 12.8 Å². The van der Waals surface area contributed by atoms with Crippen molar-refractivity contribution in [3.63, 3.8) is 0 Å². The van der Waals surface area contributed by atoms with Crippen molar-refractivity contribution in [2.75, 3.05) is 0 Å². The maximum absolute atomic E-state index is 13.0. The van der Waals surface area contributed by atoms with E-state index in [1.54, 1.807) is 40.3 Å². The molecule has 1 N–H and O–H groups in total. The summed E-state index contributed by atoms with van der Waals surface area (Å²) in [6.07, 6.45) is 11.2. The van der Waals surface area contributed by atoms with Crippen molar-refractivity contribution in [2.24, 2.45) is 5.92 Å². The van der Waals surface area contributed by atoms with E-state index in [1.807, 2.05) is 0 Å². The molecule has 4 rings (SSSR count). The van der Waals surface area contributed by atoms with Crippen molar-refractivity contribution in [1.82, 2.24) is 19.4 Å². The summed E-state index contributed by atoms with van der Waals surface area (Å²) < 4.78 is 1.75. The molecule has 1 aliphatic heterocycles. The van der Waals surface area contributed by atoms with E-state index in [2.05, 4.69) is 9.97 Å². The molecule has 0 bridgehead atoms. The summed E-state index contributed by atoms with van der Waals surface area (Å²) >= 11 is 0.